The zero-order valence-corrected chi connectivity index (χ0v) is 11.2. The first-order chi connectivity index (χ1) is 8.45. The normalized spacial score (nSPS) is 51.6. The average molecular weight is 250 g/mol. The Morgan fingerprint density at radius 3 is 2.89 bits per heavy atom. The molecule has 0 radical (unpaired) electrons. The Labute approximate surface area is 108 Å². The third-order valence-electron chi connectivity index (χ3n) is 5.68. The third-order valence-corrected chi connectivity index (χ3v) is 5.68. The van der Waals surface area contributed by atoms with Crippen molar-refractivity contribution < 1.29 is 14.6 Å². The van der Waals surface area contributed by atoms with Crippen LogP contribution in [0.4, 0.5) is 0 Å². The van der Waals surface area contributed by atoms with Crippen molar-refractivity contribution in [2.45, 2.75) is 51.7 Å². The number of aliphatic hydroxyl groups is 1. The molecule has 0 unspecified atom stereocenters. The fourth-order valence-corrected chi connectivity index (χ4v) is 4.41. The fraction of sp³-hybridized carbons (Fsp3) is 0.800. The van der Waals surface area contributed by atoms with E-state index in [4.69, 9.17) is 4.74 Å². The Morgan fingerprint density at radius 1 is 1.44 bits per heavy atom. The number of hydrogen-bond acceptors (Lipinski definition) is 3. The van der Waals surface area contributed by atoms with Crippen LogP contribution >= 0.6 is 0 Å². The smallest absolute Gasteiger partial charge is 0.309 e. The lowest BCUT2D eigenvalue weighted by molar-refractivity contribution is -0.152. The van der Waals surface area contributed by atoms with E-state index in [0.717, 1.165) is 25.7 Å². The summed E-state index contributed by atoms with van der Waals surface area (Å²) < 4.78 is 5.62. The minimum atomic E-state index is -0.288. The predicted molar refractivity (Wildman–Crippen MR) is 67.7 cm³/mol. The lowest BCUT2D eigenvalue weighted by atomic mass is 9.54. The van der Waals surface area contributed by atoms with E-state index in [1.165, 1.54) is 5.57 Å². The van der Waals surface area contributed by atoms with E-state index in [1.807, 2.05) is 6.92 Å². The molecule has 3 aliphatic rings. The van der Waals surface area contributed by atoms with Crippen LogP contribution in [0.25, 0.3) is 0 Å². The van der Waals surface area contributed by atoms with Gasteiger partial charge in [0.05, 0.1) is 12.0 Å². The van der Waals surface area contributed by atoms with Gasteiger partial charge < -0.3 is 9.84 Å². The molecule has 1 N–H and O–H groups in total. The SMILES string of the molecule is C=C1CC[C@H](O)[C@@]2(C)CC[C@@H]3[C@@H](OC(=O)[C@H]3C)[C@H]12. The van der Waals surface area contributed by atoms with Crippen LogP contribution in [0.3, 0.4) is 0 Å². The van der Waals surface area contributed by atoms with Crippen LogP contribution in [0.15, 0.2) is 12.2 Å². The fourth-order valence-electron chi connectivity index (χ4n) is 4.41. The van der Waals surface area contributed by atoms with Gasteiger partial charge in [-0.05, 0) is 25.7 Å². The van der Waals surface area contributed by atoms with Gasteiger partial charge in [-0.25, -0.2) is 0 Å². The van der Waals surface area contributed by atoms with Crippen molar-refractivity contribution in [1.29, 1.82) is 0 Å². The number of rotatable bonds is 0. The molecule has 1 heterocycles. The average Bonchev–Trinajstić information content (AvgIpc) is 2.60. The molecule has 0 spiro atoms. The van der Waals surface area contributed by atoms with E-state index < -0.39 is 0 Å². The van der Waals surface area contributed by atoms with E-state index in [1.54, 1.807) is 0 Å². The topological polar surface area (TPSA) is 46.5 Å². The molecule has 0 bridgehead atoms. The molecule has 0 amide bonds. The highest BCUT2D eigenvalue weighted by Crippen LogP contribution is 2.57. The van der Waals surface area contributed by atoms with E-state index in [-0.39, 0.29) is 35.4 Å². The molecular formula is C15H22O3. The van der Waals surface area contributed by atoms with E-state index in [0.29, 0.717) is 5.92 Å². The van der Waals surface area contributed by atoms with Crippen LogP contribution in [-0.4, -0.2) is 23.3 Å². The highest BCUT2D eigenvalue weighted by atomic mass is 16.6. The first-order valence-corrected chi connectivity index (χ1v) is 7.01. The van der Waals surface area contributed by atoms with Crippen molar-refractivity contribution >= 4 is 5.97 Å². The summed E-state index contributed by atoms with van der Waals surface area (Å²) in [6.07, 6.45) is 3.27. The summed E-state index contributed by atoms with van der Waals surface area (Å²) >= 11 is 0. The molecule has 1 saturated heterocycles. The Balaban J connectivity index is 1.98. The highest BCUT2D eigenvalue weighted by Gasteiger charge is 2.58. The summed E-state index contributed by atoms with van der Waals surface area (Å²) in [5.74, 6) is 0.403. The van der Waals surface area contributed by atoms with Crippen LogP contribution < -0.4 is 0 Å². The van der Waals surface area contributed by atoms with Gasteiger partial charge in [-0.3, -0.25) is 4.79 Å². The van der Waals surface area contributed by atoms with Crippen LogP contribution in [0.2, 0.25) is 0 Å². The second kappa shape index (κ2) is 3.83. The zero-order chi connectivity index (χ0) is 13.1. The molecule has 3 fully saturated rings. The maximum Gasteiger partial charge on any atom is 0.309 e. The van der Waals surface area contributed by atoms with Crippen molar-refractivity contribution in [3.05, 3.63) is 12.2 Å². The number of carbonyl (C=O) groups excluding carboxylic acids is 1. The molecule has 0 aromatic carbocycles. The number of aliphatic hydroxyl groups excluding tert-OH is 1. The second-order valence-corrected chi connectivity index (χ2v) is 6.59. The van der Waals surface area contributed by atoms with Crippen LogP contribution in [0.1, 0.15) is 39.5 Å². The summed E-state index contributed by atoms with van der Waals surface area (Å²) in [6, 6.07) is 0. The summed E-state index contributed by atoms with van der Waals surface area (Å²) in [5, 5.41) is 10.4. The molecule has 0 aromatic rings. The Kier molecular flexibility index (Phi) is 2.60. The summed E-state index contributed by atoms with van der Waals surface area (Å²) in [7, 11) is 0. The molecular weight excluding hydrogens is 228 g/mol. The van der Waals surface area contributed by atoms with Gasteiger partial charge in [0, 0.05) is 17.3 Å². The van der Waals surface area contributed by atoms with E-state index in [9.17, 15) is 9.90 Å². The molecule has 1 aliphatic heterocycles. The molecule has 3 nitrogen and oxygen atoms in total. The quantitative estimate of drug-likeness (QED) is 0.530. The standard InChI is InChI=1S/C15H22O3/c1-8-4-5-11(16)15(3)7-6-10-9(2)14(17)18-13(10)12(8)15/h9-13,16H,1,4-7H2,2-3H3/t9-,10-,11-,12-,13+,15+/m0/s1. The lowest BCUT2D eigenvalue weighted by Gasteiger charge is -2.52. The Bertz CT molecular complexity index is 403. The lowest BCUT2D eigenvalue weighted by Crippen LogP contribution is -2.53. The second-order valence-electron chi connectivity index (χ2n) is 6.59. The van der Waals surface area contributed by atoms with Crippen molar-refractivity contribution in [2.24, 2.45) is 23.2 Å². The van der Waals surface area contributed by atoms with Crippen molar-refractivity contribution in [3.8, 4) is 0 Å². The Hall–Kier alpha value is -0.830. The molecule has 2 aliphatic carbocycles. The summed E-state index contributed by atoms with van der Waals surface area (Å²) in [5.41, 5.74) is 1.01. The summed E-state index contributed by atoms with van der Waals surface area (Å²) in [4.78, 5) is 11.8. The highest BCUT2D eigenvalue weighted by molar-refractivity contribution is 5.75. The van der Waals surface area contributed by atoms with Gasteiger partial charge >= 0.3 is 5.97 Å². The molecule has 2 saturated carbocycles. The van der Waals surface area contributed by atoms with Crippen LogP contribution in [0, 0.1) is 23.2 Å². The van der Waals surface area contributed by atoms with Crippen molar-refractivity contribution in [1.82, 2.24) is 0 Å². The van der Waals surface area contributed by atoms with Gasteiger partial charge in [0.1, 0.15) is 6.10 Å². The molecule has 100 valence electrons. The van der Waals surface area contributed by atoms with Gasteiger partial charge in [-0.2, -0.15) is 0 Å². The number of hydrogen-bond donors (Lipinski definition) is 1. The first kappa shape index (κ1) is 12.2. The molecule has 0 aromatic heterocycles. The first-order valence-electron chi connectivity index (χ1n) is 7.01. The number of carbonyl (C=O) groups is 1. The maximum atomic E-state index is 11.8. The third kappa shape index (κ3) is 1.43. The summed E-state index contributed by atoms with van der Waals surface area (Å²) in [6.45, 7) is 8.29. The van der Waals surface area contributed by atoms with Gasteiger partial charge in [0.15, 0.2) is 0 Å². The van der Waals surface area contributed by atoms with Gasteiger partial charge in [-0.15, -0.1) is 0 Å². The number of fused-ring (bicyclic) bond motifs is 3. The van der Waals surface area contributed by atoms with Gasteiger partial charge in [-0.1, -0.05) is 26.0 Å². The maximum absolute atomic E-state index is 11.8. The molecule has 6 atom stereocenters. The molecule has 3 heteroatoms. The molecule has 3 rings (SSSR count). The monoisotopic (exact) mass is 250 g/mol. The number of ether oxygens (including phenoxy) is 1. The zero-order valence-electron chi connectivity index (χ0n) is 11.2. The predicted octanol–water partition coefficient (Wildman–Crippen LogP) is 2.29. The van der Waals surface area contributed by atoms with Crippen LogP contribution in [-0.2, 0) is 9.53 Å². The molecule has 18 heavy (non-hydrogen) atoms. The Morgan fingerprint density at radius 2 is 2.17 bits per heavy atom. The minimum absolute atomic E-state index is 0.00594. The van der Waals surface area contributed by atoms with Crippen molar-refractivity contribution in [3.63, 3.8) is 0 Å². The van der Waals surface area contributed by atoms with Crippen molar-refractivity contribution in [2.75, 3.05) is 0 Å². The minimum Gasteiger partial charge on any atom is -0.461 e. The van der Waals surface area contributed by atoms with Gasteiger partial charge in [0.25, 0.3) is 0 Å². The number of esters is 1. The largest absolute Gasteiger partial charge is 0.461 e. The van der Waals surface area contributed by atoms with Gasteiger partial charge in [0.2, 0.25) is 0 Å². The van der Waals surface area contributed by atoms with Crippen LogP contribution in [0.5, 0.6) is 0 Å². The van der Waals surface area contributed by atoms with E-state index in [2.05, 4.69) is 13.5 Å². The van der Waals surface area contributed by atoms with E-state index >= 15 is 0 Å².